The van der Waals surface area contributed by atoms with Crippen LogP contribution in [0.1, 0.15) is 16.5 Å². The molecule has 0 N–H and O–H groups in total. The molecule has 1 unspecified atom stereocenters. The molecule has 1 aromatic heterocycles. The molecule has 1 atom stereocenters. The molecule has 0 nitrogen and oxygen atoms in total. The predicted octanol–water partition coefficient (Wildman–Crippen LogP) is 4.08. The van der Waals surface area contributed by atoms with Gasteiger partial charge < -0.3 is 0 Å². The molecule has 1 heterocycles. The van der Waals surface area contributed by atoms with Gasteiger partial charge in [0.05, 0.1) is 5.38 Å². The van der Waals surface area contributed by atoms with E-state index in [9.17, 15) is 0 Å². The molecule has 0 fully saturated rings. The molecular weight excluding hydrogens is 200 g/mol. The van der Waals surface area contributed by atoms with Crippen molar-refractivity contribution in [3.8, 4) is 0 Å². The van der Waals surface area contributed by atoms with Crippen LogP contribution in [0.2, 0.25) is 0 Å². The maximum atomic E-state index is 6.28. The Hall–Kier alpha value is -0.790. The third-order valence-corrected chi connectivity index (χ3v) is 3.13. The summed E-state index contributed by atoms with van der Waals surface area (Å²) in [5.74, 6) is 0. The van der Waals surface area contributed by atoms with Crippen LogP contribution in [-0.4, -0.2) is 0 Å². The van der Waals surface area contributed by atoms with E-state index in [1.54, 1.807) is 11.3 Å². The van der Waals surface area contributed by atoms with Crippen molar-refractivity contribution in [1.29, 1.82) is 0 Å². The number of hydrogen-bond acceptors (Lipinski definition) is 1. The molecule has 2 aromatic rings. The Kier molecular flexibility index (Phi) is 2.67. The number of alkyl halides is 1. The molecule has 0 aliphatic carbocycles. The lowest BCUT2D eigenvalue weighted by atomic mass is 10.1. The highest BCUT2D eigenvalue weighted by Crippen LogP contribution is 2.29. The van der Waals surface area contributed by atoms with Crippen LogP contribution in [0.4, 0.5) is 0 Å². The summed E-state index contributed by atoms with van der Waals surface area (Å²) in [7, 11) is 0. The summed E-state index contributed by atoms with van der Waals surface area (Å²) >= 11 is 7.96. The zero-order valence-electron chi connectivity index (χ0n) is 6.98. The summed E-state index contributed by atoms with van der Waals surface area (Å²) in [5, 5.41) is 4.13. The minimum Gasteiger partial charge on any atom is -0.152 e. The third-order valence-electron chi connectivity index (χ3n) is 1.93. The van der Waals surface area contributed by atoms with Crippen molar-refractivity contribution < 1.29 is 0 Å². The highest BCUT2D eigenvalue weighted by molar-refractivity contribution is 7.08. The van der Waals surface area contributed by atoms with Crippen LogP contribution in [0.25, 0.3) is 0 Å². The van der Waals surface area contributed by atoms with Crippen LogP contribution in [0.3, 0.4) is 0 Å². The van der Waals surface area contributed by atoms with E-state index in [4.69, 9.17) is 11.6 Å². The molecule has 0 spiro atoms. The van der Waals surface area contributed by atoms with Gasteiger partial charge >= 0.3 is 0 Å². The average Bonchev–Trinajstić information content (AvgIpc) is 2.71. The third kappa shape index (κ3) is 1.93. The first-order chi connectivity index (χ1) is 6.38. The number of thiophene rings is 1. The fourth-order valence-electron chi connectivity index (χ4n) is 1.23. The van der Waals surface area contributed by atoms with E-state index in [1.165, 1.54) is 5.56 Å². The molecule has 66 valence electrons. The van der Waals surface area contributed by atoms with Crippen molar-refractivity contribution in [2.75, 3.05) is 0 Å². The van der Waals surface area contributed by atoms with Crippen molar-refractivity contribution in [3.05, 3.63) is 58.3 Å². The zero-order chi connectivity index (χ0) is 9.10. The molecule has 13 heavy (non-hydrogen) atoms. The molecule has 0 aliphatic heterocycles. The van der Waals surface area contributed by atoms with Crippen molar-refractivity contribution in [3.63, 3.8) is 0 Å². The quantitative estimate of drug-likeness (QED) is 0.653. The molecular formula is C11H9ClS. The minimum absolute atomic E-state index is 0.00699. The van der Waals surface area contributed by atoms with Gasteiger partial charge in [-0.3, -0.25) is 0 Å². The van der Waals surface area contributed by atoms with Crippen molar-refractivity contribution in [2.24, 2.45) is 0 Å². The molecule has 2 heteroatoms. The monoisotopic (exact) mass is 208 g/mol. The van der Waals surface area contributed by atoms with Gasteiger partial charge in [-0.2, -0.15) is 11.3 Å². The predicted molar refractivity (Wildman–Crippen MR) is 58.5 cm³/mol. The van der Waals surface area contributed by atoms with E-state index in [0.29, 0.717) is 0 Å². The smallest absolute Gasteiger partial charge is 0.0843 e. The highest BCUT2D eigenvalue weighted by Gasteiger charge is 2.09. The first-order valence-corrected chi connectivity index (χ1v) is 5.47. The number of hydrogen-bond donors (Lipinski definition) is 0. The number of benzene rings is 1. The van der Waals surface area contributed by atoms with E-state index in [1.807, 2.05) is 23.6 Å². The van der Waals surface area contributed by atoms with Gasteiger partial charge in [0.15, 0.2) is 0 Å². The van der Waals surface area contributed by atoms with Crippen LogP contribution < -0.4 is 0 Å². The lowest BCUT2D eigenvalue weighted by molar-refractivity contribution is 1.16. The molecule has 0 radical (unpaired) electrons. The molecule has 0 amide bonds. The SMILES string of the molecule is ClC(c1ccccc1)c1ccsc1. The van der Waals surface area contributed by atoms with Gasteiger partial charge in [0.2, 0.25) is 0 Å². The van der Waals surface area contributed by atoms with E-state index < -0.39 is 0 Å². The zero-order valence-corrected chi connectivity index (χ0v) is 8.55. The Morgan fingerprint density at radius 1 is 1.00 bits per heavy atom. The summed E-state index contributed by atoms with van der Waals surface area (Å²) in [6.07, 6.45) is 0. The van der Waals surface area contributed by atoms with E-state index >= 15 is 0 Å². The standard InChI is InChI=1S/C11H9ClS/c12-11(10-6-7-13-8-10)9-4-2-1-3-5-9/h1-8,11H. The number of rotatable bonds is 2. The van der Waals surface area contributed by atoms with Gasteiger partial charge in [0.1, 0.15) is 0 Å². The second-order valence-electron chi connectivity index (χ2n) is 2.83. The normalized spacial score (nSPS) is 12.7. The van der Waals surface area contributed by atoms with Gasteiger partial charge in [-0.15, -0.1) is 11.6 Å². The summed E-state index contributed by atoms with van der Waals surface area (Å²) in [6, 6.07) is 12.2. The topological polar surface area (TPSA) is 0 Å². The van der Waals surface area contributed by atoms with Crippen molar-refractivity contribution in [1.82, 2.24) is 0 Å². The maximum absolute atomic E-state index is 6.28. The van der Waals surface area contributed by atoms with Gasteiger partial charge in [-0.05, 0) is 28.0 Å². The lowest BCUT2D eigenvalue weighted by Gasteiger charge is -2.06. The second kappa shape index (κ2) is 3.95. The van der Waals surface area contributed by atoms with E-state index in [0.717, 1.165) is 5.56 Å². The Morgan fingerprint density at radius 3 is 2.38 bits per heavy atom. The van der Waals surface area contributed by atoms with E-state index in [-0.39, 0.29) is 5.38 Å². The van der Waals surface area contributed by atoms with Crippen LogP contribution in [0.5, 0.6) is 0 Å². The number of halogens is 1. The lowest BCUT2D eigenvalue weighted by Crippen LogP contribution is -1.89. The molecule has 0 bridgehead atoms. The van der Waals surface area contributed by atoms with E-state index in [2.05, 4.69) is 23.6 Å². The summed E-state index contributed by atoms with van der Waals surface area (Å²) in [5.41, 5.74) is 2.33. The molecule has 0 saturated heterocycles. The fraction of sp³-hybridized carbons (Fsp3) is 0.0909. The molecule has 0 saturated carbocycles. The Morgan fingerprint density at radius 2 is 1.77 bits per heavy atom. The van der Waals surface area contributed by atoms with Gasteiger partial charge in [0.25, 0.3) is 0 Å². The molecule has 1 aromatic carbocycles. The first kappa shape index (κ1) is 8.79. The maximum Gasteiger partial charge on any atom is 0.0843 e. The summed E-state index contributed by atoms with van der Waals surface area (Å²) in [4.78, 5) is 0. The summed E-state index contributed by atoms with van der Waals surface area (Å²) in [6.45, 7) is 0. The van der Waals surface area contributed by atoms with Crippen LogP contribution in [-0.2, 0) is 0 Å². The Bertz CT molecular complexity index is 353. The van der Waals surface area contributed by atoms with Crippen molar-refractivity contribution in [2.45, 2.75) is 5.38 Å². The molecule has 0 aliphatic rings. The summed E-state index contributed by atoms with van der Waals surface area (Å²) < 4.78 is 0. The largest absolute Gasteiger partial charge is 0.152 e. The van der Waals surface area contributed by atoms with Crippen LogP contribution in [0.15, 0.2) is 47.2 Å². The molecule has 2 rings (SSSR count). The average molecular weight is 209 g/mol. The van der Waals surface area contributed by atoms with Crippen LogP contribution in [0, 0.1) is 0 Å². The fourth-order valence-corrected chi connectivity index (χ4v) is 2.28. The Labute approximate surface area is 86.8 Å². The minimum atomic E-state index is -0.00699. The van der Waals surface area contributed by atoms with Crippen molar-refractivity contribution >= 4 is 22.9 Å². The Balaban J connectivity index is 2.29. The van der Waals surface area contributed by atoms with Gasteiger partial charge in [-0.25, -0.2) is 0 Å². The second-order valence-corrected chi connectivity index (χ2v) is 4.05. The van der Waals surface area contributed by atoms with Crippen LogP contribution >= 0.6 is 22.9 Å². The van der Waals surface area contributed by atoms with Gasteiger partial charge in [0, 0.05) is 0 Å². The highest BCUT2D eigenvalue weighted by atomic mass is 35.5. The van der Waals surface area contributed by atoms with Gasteiger partial charge in [-0.1, -0.05) is 30.3 Å². The first-order valence-electron chi connectivity index (χ1n) is 4.09.